The summed E-state index contributed by atoms with van der Waals surface area (Å²) in [6, 6.07) is 23.4. The van der Waals surface area contributed by atoms with Gasteiger partial charge in [0, 0.05) is 25.3 Å². The summed E-state index contributed by atoms with van der Waals surface area (Å²) in [4.78, 5) is 4.98. The van der Waals surface area contributed by atoms with Crippen LogP contribution in [0.4, 0.5) is 5.69 Å². The number of aromatic hydroxyl groups is 1. The maximum atomic E-state index is 9.85. The SMILES string of the molecule is CCN(Cc1ccc(OCCN2CCCC2)cc1)c1ccccc1[C@@H]1CCc2cc(O)ccc2C1. The standard InChI is InChI=1S/C31H38N2O2/c1-2-33(23-24-9-15-29(16-10-24)35-20-19-32-17-5-6-18-32)31-8-4-3-7-30(31)27-12-11-26-22-28(34)14-13-25(26)21-27/h3-4,7-10,13-16,22,27,34H,2,5-6,11-12,17-21,23H2,1H3/t27-/m1/s1. The molecule has 1 atom stereocenters. The van der Waals surface area contributed by atoms with Gasteiger partial charge in [-0.1, -0.05) is 36.4 Å². The third-order valence-corrected chi connectivity index (χ3v) is 7.69. The van der Waals surface area contributed by atoms with Crippen molar-refractivity contribution in [3.05, 3.63) is 89.0 Å². The molecule has 4 nitrogen and oxygen atoms in total. The van der Waals surface area contributed by atoms with Crippen LogP contribution in [0.1, 0.15) is 54.4 Å². The van der Waals surface area contributed by atoms with E-state index in [-0.39, 0.29) is 0 Å². The van der Waals surface area contributed by atoms with E-state index in [4.69, 9.17) is 4.74 Å². The Morgan fingerprint density at radius 1 is 0.971 bits per heavy atom. The van der Waals surface area contributed by atoms with Gasteiger partial charge in [-0.15, -0.1) is 0 Å². The van der Waals surface area contributed by atoms with Gasteiger partial charge in [-0.3, -0.25) is 4.90 Å². The molecule has 1 N–H and O–H groups in total. The lowest BCUT2D eigenvalue weighted by Crippen LogP contribution is -2.25. The molecule has 1 heterocycles. The lowest BCUT2D eigenvalue weighted by Gasteiger charge is -2.31. The zero-order chi connectivity index (χ0) is 24.0. The zero-order valence-corrected chi connectivity index (χ0v) is 21.0. The molecule has 0 bridgehead atoms. The van der Waals surface area contributed by atoms with E-state index >= 15 is 0 Å². The first-order valence-corrected chi connectivity index (χ1v) is 13.3. The molecule has 3 aromatic rings. The van der Waals surface area contributed by atoms with Crippen LogP contribution in [0, 0.1) is 0 Å². The topological polar surface area (TPSA) is 35.9 Å². The molecular weight excluding hydrogens is 432 g/mol. The fraction of sp³-hybridized carbons (Fsp3) is 0.419. The molecule has 2 aliphatic rings. The molecule has 0 aromatic heterocycles. The minimum absolute atomic E-state index is 0.378. The number of benzene rings is 3. The molecule has 1 aliphatic heterocycles. The molecule has 35 heavy (non-hydrogen) atoms. The number of anilines is 1. The van der Waals surface area contributed by atoms with Crippen molar-refractivity contribution in [1.29, 1.82) is 0 Å². The summed E-state index contributed by atoms with van der Waals surface area (Å²) in [5.74, 6) is 1.84. The summed E-state index contributed by atoms with van der Waals surface area (Å²) in [7, 11) is 0. The Morgan fingerprint density at radius 2 is 1.77 bits per heavy atom. The summed E-state index contributed by atoms with van der Waals surface area (Å²) >= 11 is 0. The fourth-order valence-electron chi connectivity index (χ4n) is 5.71. The molecule has 0 radical (unpaired) electrons. The molecule has 0 unspecified atom stereocenters. The van der Waals surface area contributed by atoms with Crippen LogP contribution in [0.3, 0.4) is 0 Å². The second-order valence-corrected chi connectivity index (χ2v) is 10.0. The van der Waals surface area contributed by atoms with Gasteiger partial charge in [0.15, 0.2) is 0 Å². The van der Waals surface area contributed by atoms with Gasteiger partial charge in [0.2, 0.25) is 0 Å². The minimum Gasteiger partial charge on any atom is -0.508 e. The smallest absolute Gasteiger partial charge is 0.119 e. The molecule has 1 fully saturated rings. The lowest BCUT2D eigenvalue weighted by atomic mass is 9.79. The number of ether oxygens (including phenoxy) is 1. The van der Waals surface area contributed by atoms with E-state index in [0.717, 1.165) is 51.3 Å². The second kappa shape index (κ2) is 11.2. The Morgan fingerprint density at radius 3 is 2.57 bits per heavy atom. The molecule has 1 saturated heterocycles. The molecule has 4 heteroatoms. The number of nitrogens with zero attached hydrogens (tertiary/aromatic N) is 2. The van der Waals surface area contributed by atoms with E-state index in [2.05, 4.69) is 71.3 Å². The van der Waals surface area contributed by atoms with Crippen LogP contribution in [0.2, 0.25) is 0 Å². The van der Waals surface area contributed by atoms with E-state index in [0.29, 0.717) is 11.7 Å². The number of phenols is 1. The van der Waals surface area contributed by atoms with E-state index in [9.17, 15) is 5.11 Å². The number of hydrogen-bond acceptors (Lipinski definition) is 4. The Kier molecular flexibility index (Phi) is 7.58. The average molecular weight is 471 g/mol. The van der Waals surface area contributed by atoms with Gasteiger partial charge in [0.25, 0.3) is 0 Å². The Hall–Kier alpha value is -2.98. The summed E-state index contributed by atoms with van der Waals surface area (Å²) < 4.78 is 6.00. The zero-order valence-electron chi connectivity index (χ0n) is 21.0. The van der Waals surface area contributed by atoms with Gasteiger partial charge < -0.3 is 14.7 Å². The van der Waals surface area contributed by atoms with E-state index in [1.807, 2.05) is 12.1 Å². The maximum absolute atomic E-state index is 9.85. The Bertz CT molecular complexity index is 1110. The highest BCUT2D eigenvalue weighted by Crippen LogP contribution is 2.38. The van der Waals surface area contributed by atoms with E-state index in [1.165, 1.54) is 53.9 Å². The number of fused-ring (bicyclic) bond motifs is 1. The monoisotopic (exact) mass is 470 g/mol. The quantitative estimate of drug-likeness (QED) is 0.406. The van der Waals surface area contributed by atoms with Gasteiger partial charge in [0.1, 0.15) is 18.1 Å². The van der Waals surface area contributed by atoms with Gasteiger partial charge in [0.05, 0.1) is 0 Å². The first-order valence-electron chi connectivity index (χ1n) is 13.3. The maximum Gasteiger partial charge on any atom is 0.119 e. The van der Waals surface area contributed by atoms with Crippen molar-refractivity contribution in [2.45, 2.75) is 51.5 Å². The van der Waals surface area contributed by atoms with Gasteiger partial charge in [-0.25, -0.2) is 0 Å². The highest BCUT2D eigenvalue weighted by Gasteiger charge is 2.24. The molecule has 184 valence electrons. The van der Waals surface area contributed by atoms with Crippen molar-refractivity contribution < 1.29 is 9.84 Å². The van der Waals surface area contributed by atoms with Crippen molar-refractivity contribution >= 4 is 5.69 Å². The fourth-order valence-corrected chi connectivity index (χ4v) is 5.71. The molecule has 3 aromatic carbocycles. The number of likely N-dealkylation sites (tertiary alicyclic amines) is 1. The number of aryl methyl sites for hydroxylation is 1. The number of hydrogen-bond donors (Lipinski definition) is 1. The van der Waals surface area contributed by atoms with Crippen molar-refractivity contribution in [2.75, 3.05) is 37.7 Å². The van der Waals surface area contributed by atoms with Crippen LogP contribution in [0.5, 0.6) is 11.5 Å². The van der Waals surface area contributed by atoms with Gasteiger partial charge in [-0.2, -0.15) is 0 Å². The number of rotatable bonds is 9. The second-order valence-electron chi connectivity index (χ2n) is 10.0. The van der Waals surface area contributed by atoms with Crippen LogP contribution in [0.15, 0.2) is 66.7 Å². The minimum atomic E-state index is 0.378. The van der Waals surface area contributed by atoms with Crippen LogP contribution >= 0.6 is 0 Å². The predicted molar refractivity (Wildman–Crippen MR) is 144 cm³/mol. The summed E-state index contributed by atoms with van der Waals surface area (Å²) in [6.45, 7) is 8.31. The third-order valence-electron chi connectivity index (χ3n) is 7.69. The normalized spacial score (nSPS) is 17.8. The van der Waals surface area contributed by atoms with Crippen LogP contribution in [-0.2, 0) is 19.4 Å². The van der Waals surface area contributed by atoms with Gasteiger partial charge in [-0.05, 0) is 111 Å². The van der Waals surface area contributed by atoms with Crippen molar-refractivity contribution in [1.82, 2.24) is 4.90 Å². The highest BCUT2D eigenvalue weighted by molar-refractivity contribution is 5.56. The van der Waals surface area contributed by atoms with Crippen molar-refractivity contribution in [3.8, 4) is 11.5 Å². The number of para-hydroxylation sites is 1. The molecular formula is C31H38N2O2. The Labute approximate surface area is 210 Å². The van der Waals surface area contributed by atoms with Crippen LogP contribution in [-0.4, -0.2) is 42.8 Å². The number of phenolic OH excluding ortho intramolecular Hbond substituents is 1. The lowest BCUT2D eigenvalue weighted by molar-refractivity contribution is 0.238. The molecule has 5 rings (SSSR count). The van der Waals surface area contributed by atoms with Crippen LogP contribution in [0.25, 0.3) is 0 Å². The predicted octanol–water partition coefficient (Wildman–Crippen LogP) is 6.17. The first-order chi connectivity index (χ1) is 17.2. The third kappa shape index (κ3) is 5.82. The summed E-state index contributed by atoms with van der Waals surface area (Å²) in [6.07, 6.45) is 5.82. The van der Waals surface area contributed by atoms with E-state index < -0.39 is 0 Å². The summed E-state index contributed by atoms with van der Waals surface area (Å²) in [5.41, 5.74) is 6.76. The largest absolute Gasteiger partial charge is 0.508 e. The molecule has 0 saturated carbocycles. The Balaban J connectivity index is 1.24. The summed E-state index contributed by atoms with van der Waals surface area (Å²) in [5, 5.41) is 9.85. The molecule has 1 aliphatic carbocycles. The van der Waals surface area contributed by atoms with Crippen LogP contribution < -0.4 is 9.64 Å². The van der Waals surface area contributed by atoms with E-state index in [1.54, 1.807) is 0 Å². The van der Waals surface area contributed by atoms with Crippen molar-refractivity contribution in [3.63, 3.8) is 0 Å². The highest BCUT2D eigenvalue weighted by atomic mass is 16.5. The first kappa shape index (κ1) is 23.7. The van der Waals surface area contributed by atoms with Crippen molar-refractivity contribution in [2.24, 2.45) is 0 Å². The average Bonchev–Trinajstić information content (AvgIpc) is 3.41. The van der Waals surface area contributed by atoms with Gasteiger partial charge >= 0.3 is 0 Å². The molecule has 0 amide bonds. The molecule has 0 spiro atoms.